The van der Waals surface area contributed by atoms with E-state index in [1.54, 1.807) is 0 Å². The molecule has 0 amide bonds. The van der Waals surface area contributed by atoms with Crippen molar-refractivity contribution in [2.45, 2.75) is 69.2 Å². The van der Waals surface area contributed by atoms with Crippen molar-refractivity contribution in [1.29, 1.82) is 0 Å². The van der Waals surface area contributed by atoms with Crippen LogP contribution in [0.1, 0.15) is 51.9 Å². The minimum atomic E-state index is 0.762. The Morgan fingerprint density at radius 2 is 1.87 bits per heavy atom. The first-order valence-electron chi connectivity index (χ1n) is 6.58. The fourth-order valence-electron chi connectivity index (χ4n) is 3.27. The molecule has 88 valence electrons. The summed E-state index contributed by atoms with van der Waals surface area (Å²) in [5, 5.41) is 4.80. The van der Waals surface area contributed by atoms with Crippen LogP contribution in [-0.2, 0) is 0 Å². The molecule has 3 unspecified atom stereocenters. The molecule has 3 atom stereocenters. The molecule has 0 aromatic rings. The molecular formula is C13H25NS. The second-order valence-corrected chi connectivity index (χ2v) is 6.51. The Morgan fingerprint density at radius 1 is 1.13 bits per heavy atom. The van der Waals surface area contributed by atoms with E-state index in [0.717, 1.165) is 23.3 Å². The highest BCUT2D eigenvalue weighted by Gasteiger charge is 2.28. The summed E-state index contributed by atoms with van der Waals surface area (Å²) < 4.78 is 0. The molecule has 15 heavy (non-hydrogen) atoms. The standard InChI is InChI=1S/C13H25NS/c1-10(11-5-3-4-6-11)14-12-7-8-13(9-12)15-2/h10-14H,3-9H2,1-2H3. The maximum absolute atomic E-state index is 3.87. The summed E-state index contributed by atoms with van der Waals surface area (Å²) in [6.45, 7) is 2.41. The van der Waals surface area contributed by atoms with E-state index < -0.39 is 0 Å². The van der Waals surface area contributed by atoms with Crippen molar-refractivity contribution in [3.05, 3.63) is 0 Å². The molecule has 0 saturated heterocycles. The van der Waals surface area contributed by atoms with Crippen LogP contribution in [0.5, 0.6) is 0 Å². The molecule has 0 heterocycles. The van der Waals surface area contributed by atoms with E-state index in [-0.39, 0.29) is 0 Å². The zero-order chi connectivity index (χ0) is 10.7. The van der Waals surface area contributed by atoms with Gasteiger partial charge in [0.15, 0.2) is 0 Å². The van der Waals surface area contributed by atoms with Gasteiger partial charge < -0.3 is 5.32 Å². The minimum absolute atomic E-state index is 0.762. The van der Waals surface area contributed by atoms with Crippen LogP contribution in [-0.4, -0.2) is 23.6 Å². The SMILES string of the molecule is CSC1CCC(NC(C)C2CCCC2)C1. The van der Waals surface area contributed by atoms with E-state index in [4.69, 9.17) is 0 Å². The lowest BCUT2D eigenvalue weighted by atomic mass is 9.99. The molecule has 0 bridgehead atoms. The molecule has 2 saturated carbocycles. The number of rotatable bonds is 4. The Morgan fingerprint density at radius 3 is 2.47 bits per heavy atom. The molecule has 0 aliphatic heterocycles. The molecule has 2 aliphatic carbocycles. The molecule has 2 fully saturated rings. The fraction of sp³-hybridized carbons (Fsp3) is 1.00. The normalized spacial score (nSPS) is 34.8. The lowest BCUT2D eigenvalue weighted by molar-refractivity contribution is 0.342. The molecule has 2 rings (SSSR count). The predicted molar refractivity (Wildman–Crippen MR) is 69.5 cm³/mol. The number of nitrogens with one attached hydrogen (secondary N) is 1. The van der Waals surface area contributed by atoms with Gasteiger partial charge in [-0.25, -0.2) is 0 Å². The summed E-state index contributed by atoms with van der Waals surface area (Å²) in [6, 6.07) is 1.58. The highest BCUT2D eigenvalue weighted by Crippen LogP contribution is 2.31. The van der Waals surface area contributed by atoms with Crippen LogP contribution < -0.4 is 5.32 Å². The zero-order valence-electron chi connectivity index (χ0n) is 10.2. The Kier molecular flexibility index (Phi) is 4.39. The van der Waals surface area contributed by atoms with Crippen LogP contribution >= 0.6 is 11.8 Å². The molecule has 2 aliphatic rings. The number of thioether (sulfide) groups is 1. The monoisotopic (exact) mass is 227 g/mol. The molecule has 1 N–H and O–H groups in total. The molecule has 1 nitrogen and oxygen atoms in total. The van der Waals surface area contributed by atoms with Crippen molar-refractivity contribution >= 4 is 11.8 Å². The Labute approximate surface area is 98.8 Å². The summed E-state index contributed by atoms with van der Waals surface area (Å²) >= 11 is 2.06. The van der Waals surface area contributed by atoms with Crippen LogP contribution in [0.25, 0.3) is 0 Å². The van der Waals surface area contributed by atoms with Crippen molar-refractivity contribution in [3.63, 3.8) is 0 Å². The van der Waals surface area contributed by atoms with Gasteiger partial charge in [0.1, 0.15) is 0 Å². The van der Waals surface area contributed by atoms with Crippen LogP contribution in [0.2, 0.25) is 0 Å². The van der Waals surface area contributed by atoms with Gasteiger partial charge >= 0.3 is 0 Å². The van der Waals surface area contributed by atoms with Gasteiger partial charge in [-0.1, -0.05) is 12.8 Å². The highest BCUT2D eigenvalue weighted by atomic mass is 32.2. The lowest BCUT2D eigenvalue weighted by Gasteiger charge is -2.24. The lowest BCUT2D eigenvalue weighted by Crippen LogP contribution is -2.39. The molecule has 2 heteroatoms. The topological polar surface area (TPSA) is 12.0 Å². The molecule has 0 spiro atoms. The van der Waals surface area contributed by atoms with E-state index in [2.05, 4.69) is 30.3 Å². The van der Waals surface area contributed by atoms with Gasteiger partial charge in [-0.05, 0) is 51.2 Å². The molecule has 0 aromatic heterocycles. The third kappa shape index (κ3) is 3.13. The Balaban J connectivity index is 1.72. The van der Waals surface area contributed by atoms with E-state index in [0.29, 0.717) is 0 Å². The zero-order valence-corrected chi connectivity index (χ0v) is 11.0. The average molecular weight is 227 g/mol. The molecule has 0 aromatic carbocycles. The summed E-state index contributed by atoms with van der Waals surface area (Å²) in [6.07, 6.45) is 12.4. The fourth-order valence-corrected chi connectivity index (χ4v) is 4.07. The van der Waals surface area contributed by atoms with Crippen LogP contribution in [0.15, 0.2) is 0 Å². The largest absolute Gasteiger partial charge is 0.311 e. The third-order valence-corrected chi connectivity index (χ3v) is 5.42. The minimum Gasteiger partial charge on any atom is -0.311 e. The Bertz CT molecular complexity index is 189. The van der Waals surface area contributed by atoms with E-state index in [1.807, 2.05) is 0 Å². The van der Waals surface area contributed by atoms with Gasteiger partial charge in [0.25, 0.3) is 0 Å². The van der Waals surface area contributed by atoms with Crippen molar-refractivity contribution in [2.24, 2.45) is 5.92 Å². The van der Waals surface area contributed by atoms with Crippen LogP contribution in [0.3, 0.4) is 0 Å². The van der Waals surface area contributed by atoms with Gasteiger partial charge in [-0.3, -0.25) is 0 Å². The first-order chi connectivity index (χ1) is 7.29. The van der Waals surface area contributed by atoms with Crippen molar-refractivity contribution in [3.8, 4) is 0 Å². The highest BCUT2D eigenvalue weighted by molar-refractivity contribution is 7.99. The first-order valence-corrected chi connectivity index (χ1v) is 7.87. The van der Waals surface area contributed by atoms with Crippen LogP contribution in [0.4, 0.5) is 0 Å². The van der Waals surface area contributed by atoms with Gasteiger partial charge in [0, 0.05) is 17.3 Å². The maximum Gasteiger partial charge on any atom is 0.00805 e. The van der Waals surface area contributed by atoms with Crippen molar-refractivity contribution in [1.82, 2.24) is 5.32 Å². The average Bonchev–Trinajstić information content (AvgIpc) is 2.87. The van der Waals surface area contributed by atoms with Gasteiger partial charge in [0.2, 0.25) is 0 Å². The van der Waals surface area contributed by atoms with E-state index >= 15 is 0 Å². The van der Waals surface area contributed by atoms with E-state index in [1.165, 1.54) is 44.9 Å². The molecule has 0 radical (unpaired) electrons. The maximum atomic E-state index is 3.87. The smallest absolute Gasteiger partial charge is 0.00805 e. The van der Waals surface area contributed by atoms with Crippen LogP contribution in [0, 0.1) is 5.92 Å². The van der Waals surface area contributed by atoms with Crippen molar-refractivity contribution < 1.29 is 0 Å². The summed E-state index contributed by atoms with van der Waals surface area (Å²) in [5.74, 6) is 0.971. The predicted octanol–water partition coefficient (Wildman–Crippen LogP) is 3.44. The number of hydrogen-bond acceptors (Lipinski definition) is 2. The van der Waals surface area contributed by atoms with Crippen molar-refractivity contribution in [2.75, 3.05) is 6.26 Å². The summed E-state index contributed by atoms with van der Waals surface area (Å²) in [4.78, 5) is 0. The number of hydrogen-bond donors (Lipinski definition) is 1. The van der Waals surface area contributed by atoms with E-state index in [9.17, 15) is 0 Å². The second kappa shape index (κ2) is 5.58. The third-order valence-electron chi connectivity index (χ3n) is 4.32. The van der Waals surface area contributed by atoms with Gasteiger partial charge in [0.05, 0.1) is 0 Å². The molecular weight excluding hydrogens is 202 g/mol. The quantitative estimate of drug-likeness (QED) is 0.789. The first kappa shape index (κ1) is 11.8. The van der Waals surface area contributed by atoms with Gasteiger partial charge in [-0.15, -0.1) is 0 Å². The Hall–Kier alpha value is 0.310. The second-order valence-electron chi connectivity index (χ2n) is 5.37. The van der Waals surface area contributed by atoms with Gasteiger partial charge in [-0.2, -0.15) is 11.8 Å². The summed E-state index contributed by atoms with van der Waals surface area (Å²) in [7, 11) is 0. The summed E-state index contributed by atoms with van der Waals surface area (Å²) in [5.41, 5.74) is 0.